The highest BCUT2D eigenvalue weighted by atomic mass is 35.5. The summed E-state index contributed by atoms with van der Waals surface area (Å²) in [5, 5.41) is 6.07. The Morgan fingerprint density at radius 1 is 1.53 bits per heavy atom. The van der Waals surface area contributed by atoms with Crippen molar-refractivity contribution >= 4 is 29.1 Å². The molecule has 1 rings (SSSR count). The average Bonchev–Trinajstić information content (AvgIpc) is 2.14. The van der Waals surface area contributed by atoms with Crippen LogP contribution in [0.5, 0.6) is 0 Å². The molecule has 0 bridgehead atoms. The van der Waals surface area contributed by atoms with Gasteiger partial charge < -0.3 is 16.4 Å². The summed E-state index contributed by atoms with van der Waals surface area (Å²) in [5.74, 6) is 0.558. The fraction of sp³-hybridized carbons (Fsp3) is 0.455. The molecule has 5 nitrogen and oxygen atoms in total. The smallest absolute Gasteiger partial charge is 0.316 e. The third kappa shape index (κ3) is 4.91. The van der Waals surface area contributed by atoms with Crippen molar-refractivity contribution in [2.45, 2.75) is 20.8 Å². The lowest BCUT2D eigenvalue weighted by Crippen LogP contribution is -2.23. The van der Waals surface area contributed by atoms with E-state index in [2.05, 4.69) is 36.4 Å². The van der Waals surface area contributed by atoms with Crippen LogP contribution < -0.4 is 16.4 Å². The Kier molecular flexibility index (Phi) is 4.17. The molecule has 0 aliphatic rings. The predicted octanol–water partition coefficient (Wildman–Crippen LogP) is 2.68. The normalized spacial score (nSPS) is 11.1. The number of pyridine rings is 1. The van der Waals surface area contributed by atoms with Crippen LogP contribution in [-0.2, 0) is 0 Å². The highest BCUT2D eigenvalue weighted by Crippen LogP contribution is 2.24. The maximum Gasteiger partial charge on any atom is 0.316 e. The van der Waals surface area contributed by atoms with Crippen molar-refractivity contribution in [1.82, 2.24) is 4.98 Å². The molecule has 6 heteroatoms. The Morgan fingerprint density at radius 2 is 2.18 bits per heavy atom. The highest BCUT2D eigenvalue weighted by Gasteiger charge is 2.12. The van der Waals surface area contributed by atoms with E-state index in [1.54, 1.807) is 6.07 Å². The van der Waals surface area contributed by atoms with Crippen molar-refractivity contribution in [1.29, 1.82) is 0 Å². The lowest BCUT2D eigenvalue weighted by atomic mass is 9.97. The number of nitrogens with two attached hydrogens (primary N) is 1. The van der Waals surface area contributed by atoms with Crippen LogP contribution in [0.3, 0.4) is 0 Å². The number of rotatable bonds is 3. The number of primary amides is 1. The number of anilines is 2. The Hall–Kier alpha value is -1.49. The number of amides is 2. The van der Waals surface area contributed by atoms with Crippen LogP contribution in [0.2, 0.25) is 5.02 Å². The van der Waals surface area contributed by atoms with Crippen LogP contribution in [0, 0.1) is 5.41 Å². The molecule has 0 aliphatic heterocycles. The Balaban J connectivity index is 2.86. The molecule has 17 heavy (non-hydrogen) atoms. The first-order valence-electron chi connectivity index (χ1n) is 5.24. The topological polar surface area (TPSA) is 80.0 Å². The minimum Gasteiger partial charge on any atom is -0.368 e. The first kappa shape index (κ1) is 13.6. The summed E-state index contributed by atoms with van der Waals surface area (Å²) in [6.07, 6.45) is 1.51. The molecule has 0 saturated heterocycles. The number of aromatic nitrogens is 1. The number of hydrogen-bond acceptors (Lipinski definition) is 3. The molecule has 0 fully saturated rings. The van der Waals surface area contributed by atoms with Gasteiger partial charge in [0, 0.05) is 12.7 Å². The second kappa shape index (κ2) is 5.23. The second-order valence-corrected chi connectivity index (χ2v) is 5.39. The molecule has 0 radical (unpaired) electrons. The molecular formula is C11H17ClN4O. The Bertz CT molecular complexity index is 414. The molecule has 0 aromatic carbocycles. The summed E-state index contributed by atoms with van der Waals surface area (Å²) in [5.41, 5.74) is 5.66. The lowest BCUT2D eigenvalue weighted by Gasteiger charge is -2.20. The van der Waals surface area contributed by atoms with E-state index in [0.29, 0.717) is 16.5 Å². The monoisotopic (exact) mass is 256 g/mol. The van der Waals surface area contributed by atoms with Gasteiger partial charge in [0.25, 0.3) is 0 Å². The van der Waals surface area contributed by atoms with E-state index in [9.17, 15) is 4.79 Å². The summed E-state index contributed by atoms with van der Waals surface area (Å²) in [6, 6.07) is 0.956. The first-order valence-corrected chi connectivity index (χ1v) is 5.61. The number of nitrogens with one attached hydrogen (secondary N) is 2. The number of halogens is 1. The zero-order valence-electron chi connectivity index (χ0n) is 10.2. The predicted molar refractivity (Wildman–Crippen MR) is 70.4 cm³/mol. The molecule has 1 aromatic heterocycles. The summed E-state index contributed by atoms with van der Waals surface area (Å²) < 4.78 is 0. The largest absolute Gasteiger partial charge is 0.368 e. The SMILES string of the molecule is CC(C)(C)CNc1ncc(Cl)cc1NC(N)=O. The van der Waals surface area contributed by atoms with E-state index in [-0.39, 0.29) is 5.41 Å². The summed E-state index contributed by atoms with van der Waals surface area (Å²) in [6.45, 7) is 7.00. The molecule has 0 spiro atoms. The van der Waals surface area contributed by atoms with Crippen LogP contribution in [0.4, 0.5) is 16.3 Å². The van der Waals surface area contributed by atoms with E-state index in [1.165, 1.54) is 6.20 Å². The summed E-state index contributed by atoms with van der Waals surface area (Å²) >= 11 is 5.81. The number of carbonyl (C=O) groups is 1. The van der Waals surface area contributed by atoms with Crippen LogP contribution in [0.1, 0.15) is 20.8 Å². The fourth-order valence-corrected chi connectivity index (χ4v) is 1.31. The van der Waals surface area contributed by atoms with Crippen LogP contribution >= 0.6 is 11.6 Å². The van der Waals surface area contributed by atoms with Crippen molar-refractivity contribution in [3.8, 4) is 0 Å². The number of carbonyl (C=O) groups excluding carboxylic acids is 1. The van der Waals surface area contributed by atoms with Crippen LogP contribution in [0.25, 0.3) is 0 Å². The van der Waals surface area contributed by atoms with Gasteiger partial charge >= 0.3 is 6.03 Å². The zero-order valence-corrected chi connectivity index (χ0v) is 10.9. The minimum atomic E-state index is -0.645. The van der Waals surface area contributed by atoms with Gasteiger partial charge in [0.05, 0.1) is 10.7 Å². The molecule has 1 aromatic rings. The van der Waals surface area contributed by atoms with Gasteiger partial charge in [-0.2, -0.15) is 0 Å². The summed E-state index contributed by atoms with van der Waals surface area (Å²) in [7, 11) is 0. The van der Waals surface area contributed by atoms with Crippen LogP contribution in [-0.4, -0.2) is 17.6 Å². The third-order valence-corrected chi connectivity index (χ3v) is 2.11. The molecular weight excluding hydrogens is 240 g/mol. The second-order valence-electron chi connectivity index (χ2n) is 4.95. The number of nitrogens with zero attached hydrogens (tertiary/aromatic N) is 1. The van der Waals surface area contributed by atoms with Gasteiger partial charge in [0.15, 0.2) is 0 Å². The fourth-order valence-electron chi connectivity index (χ4n) is 1.16. The molecule has 4 N–H and O–H groups in total. The number of hydrogen-bond donors (Lipinski definition) is 3. The number of urea groups is 1. The minimum absolute atomic E-state index is 0.102. The van der Waals surface area contributed by atoms with E-state index in [0.717, 1.165) is 6.54 Å². The highest BCUT2D eigenvalue weighted by molar-refractivity contribution is 6.30. The van der Waals surface area contributed by atoms with Gasteiger partial charge in [0.1, 0.15) is 5.82 Å². The third-order valence-electron chi connectivity index (χ3n) is 1.90. The molecule has 94 valence electrons. The van der Waals surface area contributed by atoms with Crippen LogP contribution in [0.15, 0.2) is 12.3 Å². The van der Waals surface area contributed by atoms with Crippen molar-refractivity contribution in [3.05, 3.63) is 17.3 Å². The van der Waals surface area contributed by atoms with Gasteiger partial charge in [0.2, 0.25) is 0 Å². The molecule has 0 unspecified atom stereocenters. The summed E-state index contributed by atoms with van der Waals surface area (Å²) in [4.78, 5) is 15.0. The van der Waals surface area contributed by atoms with E-state index in [1.807, 2.05) is 0 Å². The van der Waals surface area contributed by atoms with Crippen molar-refractivity contribution in [3.63, 3.8) is 0 Å². The molecule has 0 saturated carbocycles. The van der Waals surface area contributed by atoms with Gasteiger partial charge in [-0.15, -0.1) is 0 Å². The quantitative estimate of drug-likeness (QED) is 0.778. The van der Waals surface area contributed by atoms with Gasteiger partial charge in [-0.3, -0.25) is 0 Å². The van der Waals surface area contributed by atoms with Gasteiger partial charge in [-0.25, -0.2) is 9.78 Å². The Morgan fingerprint density at radius 3 is 2.71 bits per heavy atom. The van der Waals surface area contributed by atoms with Crippen molar-refractivity contribution < 1.29 is 4.79 Å². The van der Waals surface area contributed by atoms with E-state index in [4.69, 9.17) is 17.3 Å². The standard InChI is InChI=1S/C11H17ClN4O/c1-11(2,3)6-15-9-8(16-10(13)17)4-7(12)5-14-9/h4-5H,6H2,1-3H3,(H,14,15)(H3,13,16,17). The van der Waals surface area contributed by atoms with E-state index < -0.39 is 6.03 Å². The first-order chi connectivity index (χ1) is 7.78. The maximum absolute atomic E-state index is 10.8. The Labute approximate surface area is 106 Å². The molecule has 1 heterocycles. The van der Waals surface area contributed by atoms with Crippen molar-refractivity contribution in [2.24, 2.45) is 11.1 Å². The lowest BCUT2D eigenvalue weighted by molar-refractivity contribution is 0.259. The maximum atomic E-state index is 10.8. The average molecular weight is 257 g/mol. The van der Waals surface area contributed by atoms with E-state index >= 15 is 0 Å². The van der Waals surface area contributed by atoms with Crippen molar-refractivity contribution in [2.75, 3.05) is 17.2 Å². The molecule has 0 atom stereocenters. The van der Waals surface area contributed by atoms with Gasteiger partial charge in [-0.05, 0) is 11.5 Å². The molecule has 2 amide bonds. The van der Waals surface area contributed by atoms with Gasteiger partial charge in [-0.1, -0.05) is 32.4 Å². The molecule has 0 aliphatic carbocycles. The zero-order chi connectivity index (χ0) is 13.1.